The maximum absolute atomic E-state index is 12.9. The van der Waals surface area contributed by atoms with Gasteiger partial charge in [0.1, 0.15) is 11.3 Å². The highest BCUT2D eigenvalue weighted by molar-refractivity contribution is 7.22. The Balaban J connectivity index is 1.42. The molecule has 0 aliphatic carbocycles. The molecule has 1 aliphatic heterocycles. The van der Waals surface area contributed by atoms with Crippen molar-refractivity contribution in [2.24, 2.45) is 0 Å². The largest absolute Gasteiger partial charge is 0.493 e. The number of fused-ring (bicyclic) bond motifs is 1. The van der Waals surface area contributed by atoms with Gasteiger partial charge in [-0.15, -0.1) is 0 Å². The van der Waals surface area contributed by atoms with Gasteiger partial charge in [-0.1, -0.05) is 17.4 Å². The Kier molecular flexibility index (Phi) is 6.93. The number of rotatable bonds is 7. The molecule has 1 saturated heterocycles. The third kappa shape index (κ3) is 4.70. The summed E-state index contributed by atoms with van der Waals surface area (Å²) in [6, 6.07) is 9.24. The van der Waals surface area contributed by atoms with Crippen molar-refractivity contribution in [3.05, 3.63) is 30.3 Å². The van der Waals surface area contributed by atoms with E-state index >= 15 is 0 Å². The molecule has 2 heterocycles. The van der Waals surface area contributed by atoms with Crippen LogP contribution in [0.15, 0.2) is 30.3 Å². The summed E-state index contributed by atoms with van der Waals surface area (Å²) in [5, 5.41) is 3.88. The average molecular weight is 473 g/mol. The van der Waals surface area contributed by atoms with E-state index in [0.29, 0.717) is 55.7 Å². The molecule has 2 aromatic carbocycles. The smallest absolute Gasteiger partial charge is 0.321 e. The molecular formula is C23H28N4O5S. The second-order valence-corrected chi connectivity index (χ2v) is 8.36. The zero-order valence-corrected chi connectivity index (χ0v) is 20.0. The quantitative estimate of drug-likeness (QED) is 0.555. The van der Waals surface area contributed by atoms with Gasteiger partial charge in [0.2, 0.25) is 5.75 Å². The Morgan fingerprint density at radius 2 is 1.73 bits per heavy atom. The fourth-order valence-corrected chi connectivity index (χ4v) is 4.81. The van der Waals surface area contributed by atoms with Gasteiger partial charge in [0.15, 0.2) is 16.6 Å². The van der Waals surface area contributed by atoms with Crippen molar-refractivity contribution in [2.75, 3.05) is 64.3 Å². The number of piperazine rings is 1. The number of nitrogens with one attached hydrogen (secondary N) is 1. The van der Waals surface area contributed by atoms with Gasteiger partial charge in [-0.25, -0.2) is 9.78 Å². The molecule has 0 bridgehead atoms. The topological polar surface area (TPSA) is 85.4 Å². The van der Waals surface area contributed by atoms with Crippen LogP contribution in [0, 0.1) is 0 Å². The molecule has 4 rings (SSSR count). The predicted octanol–water partition coefficient (Wildman–Crippen LogP) is 4.07. The lowest BCUT2D eigenvalue weighted by atomic mass is 10.2. The van der Waals surface area contributed by atoms with Gasteiger partial charge >= 0.3 is 6.03 Å². The van der Waals surface area contributed by atoms with Gasteiger partial charge in [0.25, 0.3) is 0 Å². The minimum atomic E-state index is -0.174. The Labute approximate surface area is 196 Å². The lowest BCUT2D eigenvalue weighted by molar-refractivity contribution is 0.208. The van der Waals surface area contributed by atoms with E-state index < -0.39 is 0 Å². The van der Waals surface area contributed by atoms with E-state index in [9.17, 15) is 4.79 Å². The highest BCUT2D eigenvalue weighted by Gasteiger charge is 2.24. The summed E-state index contributed by atoms with van der Waals surface area (Å²) in [7, 11) is 4.63. The van der Waals surface area contributed by atoms with Crippen molar-refractivity contribution in [3.8, 4) is 23.0 Å². The fourth-order valence-electron chi connectivity index (χ4n) is 3.78. The lowest BCUT2D eigenvalue weighted by Crippen LogP contribution is -2.50. The molecule has 9 nitrogen and oxygen atoms in total. The zero-order chi connectivity index (χ0) is 23.4. The van der Waals surface area contributed by atoms with E-state index in [0.717, 1.165) is 21.1 Å². The minimum absolute atomic E-state index is 0.174. The number of nitrogens with zero attached hydrogens (tertiary/aromatic N) is 3. The molecule has 0 unspecified atom stereocenters. The first-order valence-corrected chi connectivity index (χ1v) is 11.5. The molecule has 1 aromatic heterocycles. The van der Waals surface area contributed by atoms with E-state index in [4.69, 9.17) is 23.9 Å². The van der Waals surface area contributed by atoms with Crippen molar-refractivity contribution in [1.82, 2.24) is 9.88 Å². The molecule has 0 radical (unpaired) electrons. The number of amides is 2. The first-order chi connectivity index (χ1) is 16.1. The number of thiazole rings is 1. The van der Waals surface area contributed by atoms with Gasteiger partial charge < -0.3 is 34.1 Å². The monoisotopic (exact) mass is 472 g/mol. The highest BCUT2D eigenvalue weighted by Crippen LogP contribution is 2.40. The van der Waals surface area contributed by atoms with E-state index in [1.807, 2.05) is 19.1 Å². The van der Waals surface area contributed by atoms with Gasteiger partial charge in [-0.2, -0.15) is 0 Å². The number of hydrogen-bond acceptors (Lipinski definition) is 8. The number of urea groups is 1. The van der Waals surface area contributed by atoms with Crippen LogP contribution in [0.25, 0.3) is 10.2 Å². The summed E-state index contributed by atoms with van der Waals surface area (Å²) in [5.74, 6) is 2.26. The van der Waals surface area contributed by atoms with Crippen LogP contribution in [-0.4, -0.2) is 70.0 Å². The summed E-state index contributed by atoms with van der Waals surface area (Å²) >= 11 is 1.64. The normalized spacial score (nSPS) is 13.7. The maximum Gasteiger partial charge on any atom is 0.321 e. The minimum Gasteiger partial charge on any atom is -0.493 e. The number of para-hydroxylation sites is 1. The Hall–Kier alpha value is -3.40. The number of hydrogen-bond donors (Lipinski definition) is 1. The van der Waals surface area contributed by atoms with Crippen molar-refractivity contribution >= 4 is 38.4 Å². The van der Waals surface area contributed by atoms with E-state index in [2.05, 4.69) is 16.3 Å². The number of benzene rings is 2. The van der Waals surface area contributed by atoms with Crippen molar-refractivity contribution in [1.29, 1.82) is 0 Å². The van der Waals surface area contributed by atoms with Crippen molar-refractivity contribution in [3.63, 3.8) is 0 Å². The van der Waals surface area contributed by atoms with Crippen LogP contribution in [0.5, 0.6) is 23.0 Å². The Bertz CT molecular complexity index is 1100. The summed E-state index contributed by atoms with van der Waals surface area (Å²) < 4.78 is 22.9. The van der Waals surface area contributed by atoms with Crippen LogP contribution in [0.2, 0.25) is 0 Å². The van der Waals surface area contributed by atoms with Gasteiger partial charge in [0, 0.05) is 38.3 Å². The number of methoxy groups -OCH3 is 3. The standard InChI is InChI=1S/C23H28N4O5S/c1-5-32-16-7-6-8-19-20(16)25-23(33-19)27-11-9-26(10-12-27)22(28)24-15-13-17(29-2)21(31-4)18(14-15)30-3/h6-8,13-14H,5,9-12H2,1-4H3,(H,24,28). The molecule has 1 fully saturated rings. The lowest BCUT2D eigenvalue weighted by Gasteiger charge is -2.34. The Morgan fingerprint density at radius 1 is 1.03 bits per heavy atom. The number of carbonyl (C=O) groups is 1. The average Bonchev–Trinajstić information content (AvgIpc) is 3.29. The van der Waals surface area contributed by atoms with Crippen LogP contribution in [-0.2, 0) is 0 Å². The second kappa shape index (κ2) is 10.0. The second-order valence-electron chi connectivity index (χ2n) is 7.35. The maximum atomic E-state index is 12.9. The molecule has 33 heavy (non-hydrogen) atoms. The summed E-state index contributed by atoms with van der Waals surface area (Å²) in [6.45, 7) is 5.15. The third-order valence-corrected chi connectivity index (χ3v) is 6.51. The Morgan fingerprint density at radius 3 is 2.33 bits per heavy atom. The van der Waals surface area contributed by atoms with Crippen LogP contribution in [0.3, 0.4) is 0 Å². The molecule has 3 aromatic rings. The first-order valence-electron chi connectivity index (χ1n) is 10.7. The molecule has 0 atom stereocenters. The SMILES string of the molecule is CCOc1cccc2sc(N3CCN(C(=O)Nc4cc(OC)c(OC)c(OC)c4)CC3)nc12. The van der Waals surface area contributed by atoms with E-state index in [1.54, 1.807) is 49.7 Å². The van der Waals surface area contributed by atoms with Crippen molar-refractivity contribution in [2.45, 2.75) is 6.92 Å². The van der Waals surface area contributed by atoms with Crippen molar-refractivity contribution < 1.29 is 23.7 Å². The molecule has 2 amide bonds. The molecule has 10 heteroatoms. The molecule has 1 N–H and O–H groups in total. The van der Waals surface area contributed by atoms with E-state index in [1.165, 1.54) is 0 Å². The van der Waals surface area contributed by atoms with Gasteiger partial charge in [-0.3, -0.25) is 0 Å². The summed E-state index contributed by atoms with van der Waals surface area (Å²) in [4.78, 5) is 21.7. The van der Waals surface area contributed by atoms with Crippen LogP contribution >= 0.6 is 11.3 Å². The zero-order valence-electron chi connectivity index (χ0n) is 19.2. The van der Waals surface area contributed by atoms with Gasteiger partial charge in [-0.05, 0) is 19.1 Å². The van der Waals surface area contributed by atoms with Crippen LogP contribution in [0.1, 0.15) is 6.92 Å². The number of aromatic nitrogens is 1. The van der Waals surface area contributed by atoms with E-state index in [-0.39, 0.29) is 6.03 Å². The number of ether oxygens (including phenoxy) is 4. The molecule has 0 saturated carbocycles. The molecular weight excluding hydrogens is 444 g/mol. The van der Waals surface area contributed by atoms with Crippen LogP contribution < -0.4 is 29.2 Å². The van der Waals surface area contributed by atoms with Crippen LogP contribution in [0.4, 0.5) is 15.6 Å². The summed E-state index contributed by atoms with van der Waals surface area (Å²) in [6.07, 6.45) is 0. The number of anilines is 2. The fraction of sp³-hybridized carbons (Fsp3) is 0.391. The third-order valence-electron chi connectivity index (χ3n) is 5.42. The molecule has 1 aliphatic rings. The van der Waals surface area contributed by atoms with Gasteiger partial charge in [0.05, 0.1) is 38.3 Å². The molecule has 176 valence electrons. The molecule has 0 spiro atoms. The predicted molar refractivity (Wildman–Crippen MR) is 130 cm³/mol. The first kappa shape index (κ1) is 22.8. The highest BCUT2D eigenvalue weighted by atomic mass is 32.1. The number of carbonyl (C=O) groups excluding carboxylic acids is 1. The summed E-state index contributed by atoms with van der Waals surface area (Å²) in [5.41, 5.74) is 1.47.